The predicted octanol–water partition coefficient (Wildman–Crippen LogP) is 3.59. The van der Waals surface area contributed by atoms with Crippen LogP contribution in [0, 0.1) is 0 Å². The number of carbonyl (C=O) groups excluding carboxylic acids is 2. The van der Waals surface area contributed by atoms with Gasteiger partial charge in [-0.05, 0) is 29.8 Å². The van der Waals surface area contributed by atoms with E-state index in [4.69, 9.17) is 4.74 Å². The Labute approximate surface area is 186 Å². The summed E-state index contributed by atoms with van der Waals surface area (Å²) >= 11 is 0. The molecule has 4 rings (SSSR count). The summed E-state index contributed by atoms with van der Waals surface area (Å²) in [6.07, 6.45) is -0.261. The van der Waals surface area contributed by atoms with Gasteiger partial charge in [-0.25, -0.2) is 8.42 Å². The summed E-state index contributed by atoms with van der Waals surface area (Å²) in [4.78, 5) is 27.3. The molecule has 0 saturated heterocycles. The van der Waals surface area contributed by atoms with Crippen molar-refractivity contribution < 1.29 is 22.7 Å². The van der Waals surface area contributed by atoms with Gasteiger partial charge >= 0.3 is 0 Å². The number of benzene rings is 3. The zero-order chi connectivity index (χ0) is 22.7. The van der Waals surface area contributed by atoms with Crippen LogP contribution in [0.25, 0.3) is 0 Å². The van der Waals surface area contributed by atoms with Crippen molar-refractivity contribution in [3.05, 3.63) is 84.4 Å². The fourth-order valence-electron chi connectivity index (χ4n) is 3.81. The van der Waals surface area contributed by atoms with Crippen molar-refractivity contribution in [1.82, 2.24) is 0 Å². The topological polar surface area (TPSA) is 92.8 Å². The summed E-state index contributed by atoms with van der Waals surface area (Å²) in [5.74, 6) is -0.425. The Bertz CT molecular complexity index is 1260. The lowest BCUT2D eigenvalue weighted by molar-refractivity contribution is -0.121. The van der Waals surface area contributed by atoms with Crippen LogP contribution in [0.5, 0.6) is 5.75 Å². The number of rotatable bonds is 5. The molecule has 8 heteroatoms. The molecule has 0 fully saturated rings. The normalized spacial score (nSPS) is 17.2. The molecule has 1 N–H and O–H groups in total. The number of nitrogens with one attached hydrogen (secondary N) is 1. The van der Waals surface area contributed by atoms with Gasteiger partial charge in [-0.15, -0.1) is 0 Å². The molecule has 1 heterocycles. The number of hydrogen-bond acceptors (Lipinski definition) is 5. The second-order valence-corrected chi connectivity index (χ2v) is 9.44. The highest BCUT2D eigenvalue weighted by atomic mass is 32.2. The third kappa shape index (κ3) is 4.09. The fourth-order valence-corrected chi connectivity index (χ4v) is 5.73. The van der Waals surface area contributed by atoms with E-state index < -0.39 is 26.9 Å². The molecule has 0 unspecified atom stereocenters. The van der Waals surface area contributed by atoms with E-state index in [9.17, 15) is 18.0 Å². The van der Waals surface area contributed by atoms with Crippen LogP contribution < -0.4 is 15.0 Å². The van der Waals surface area contributed by atoms with Gasteiger partial charge in [0, 0.05) is 6.42 Å². The molecule has 0 radical (unpaired) electrons. The molecule has 0 aromatic heterocycles. The molecule has 2 amide bonds. The highest BCUT2D eigenvalue weighted by molar-refractivity contribution is 7.92. The Hall–Kier alpha value is -3.65. The summed E-state index contributed by atoms with van der Waals surface area (Å²) < 4.78 is 32.2. The Morgan fingerprint density at radius 1 is 1.00 bits per heavy atom. The van der Waals surface area contributed by atoms with E-state index in [2.05, 4.69) is 5.32 Å². The summed E-state index contributed by atoms with van der Waals surface area (Å²) in [5, 5.41) is 1.71. The van der Waals surface area contributed by atoms with Crippen LogP contribution in [-0.2, 0) is 19.4 Å². The van der Waals surface area contributed by atoms with Gasteiger partial charge in [-0.3, -0.25) is 9.59 Å². The van der Waals surface area contributed by atoms with Crippen LogP contribution in [0.3, 0.4) is 0 Å². The van der Waals surface area contributed by atoms with Gasteiger partial charge in [-0.2, -0.15) is 0 Å². The molecular weight excluding hydrogens is 428 g/mol. The Kier molecular flexibility index (Phi) is 5.96. The molecule has 0 bridgehead atoms. The summed E-state index contributed by atoms with van der Waals surface area (Å²) in [7, 11) is -2.36. The fraction of sp³-hybridized carbons (Fsp3) is 0.167. The van der Waals surface area contributed by atoms with Gasteiger partial charge in [-0.1, -0.05) is 54.6 Å². The Morgan fingerprint density at radius 3 is 2.41 bits per heavy atom. The van der Waals surface area contributed by atoms with Gasteiger partial charge in [0.25, 0.3) is 0 Å². The second-order valence-electron chi connectivity index (χ2n) is 7.34. The first-order valence-electron chi connectivity index (χ1n) is 10.0. The molecule has 0 aliphatic carbocycles. The third-order valence-corrected chi connectivity index (χ3v) is 7.50. The quantitative estimate of drug-likeness (QED) is 0.641. The Balaban J connectivity index is 1.69. The lowest BCUT2D eigenvalue weighted by Gasteiger charge is -2.22. The maximum Gasteiger partial charge on any atom is 0.244 e. The molecule has 1 aliphatic rings. The van der Waals surface area contributed by atoms with Crippen molar-refractivity contribution in [3.63, 3.8) is 0 Å². The maximum atomic E-state index is 13.5. The molecule has 164 valence electrons. The summed E-state index contributed by atoms with van der Waals surface area (Å²) in [5.41, 5.74) is 1.20. The van der Waals surface area contributed by atoms with E-state index in [1.54, 1.807) is 72.8 Å². The van der Waals surface area contributed by atoms with Crippen molar-refractivity contribution in [2.75, 3.05) is 23.9 Å². The average molecular weight is 451 g/mol. The van der Waals surface area contributed by atoms with Gasteiger partial charge < -0.3 is 15.0 Å². The van der Waals surface area contributed by atoms with Crippen LogP contribution in [0.15, 0.2) is 83.8 Å². The molecule has 0 saturated carbocycles. The first-order chi connectivity index (χ1) is 15.4. The molecule has 3 aromatic carbocycles. The van der Waals surface area contributed by atoms with E-state index in [1.807, 2.05) is 0 Å². The van der Waals surface area contributed by atoms with Gasteiger partial charge in [0.1, 0.15) is 12.3 Å². The largest absolute Gasteiger partial charge is 0.495 e. The van der Waals surface area contributed by atoms with Gasteiger partial charge in [0.15, 0.2) is 9.84 Å². The molecule has 0 spiro atoms. The van der Waals surface area contributed by atoms with Crippen LogP contribution in [0.4, 0.5) is 11.4 Å². The van der Waals surface area contributed by atoms with Gasteiger partial charge in [0.2, 0.25) is 11.8 Å². The van der Waals surface area contributed by atoms with Crippen LogP contribution in [-0.4, -0.2) is 33.9 Å². The minimum absolute atomic E-state index is 0.0322. The molecule has 7 nitrogen and oxygen atoms in total. The predicted molar refractivity (Wildman–Crippen MR) is 121 cm³/mol. The van der Waals surface area contributed by atoms with E-state index in [0.29, 0.717) is 17.0 Å². The maximum absolute atomic E-state index is 13.5. The van der Waals surface area contributed by atoms with Crippen molar-refractivity contribution >= 4 is 33.0 Å². The SMILES string of the molecule is COc1ccccc1NC(=O)CN1C(=O)C[C@H](c2ccccc2)S(=O)(=O)c2ccccc21. The van der Waals surface area contributed by atoms with E-state index in [-0.39, 0.29) is 23.5 Å². The van der Waals surface area contributed by atoms with Crippen molar-refractivity contribution in [2.45, 2.75) is 16.6 Å². The van der Waals surface area contributed by atoms with Crippen LogP contribution in [0.2, 0.25) is 0 Å². The molecular formula is C24H22N2O5S. The van der Waals surface area contributed by atoms with E-state index in [1.165, 1.54) is 18.1 Å². The third-order valence-electron chi connectivity index (χ3n) is 5.35. The highest BCUT2D eigenvalue weighted by Crippen LogP contribution is 2.40. The second kappa shape index (κ2) is 8.84. The molecule has 32 heavy (non-hydrogen) atoms. The highest BCUT2D eigenvalue weighted by Gasteiger charge is 2.39. The van der Waals surface area contributed by atoms with Crippen LogP contribution >= 0.6 is 0 Å². The average Bonchev–Trinajstić information content (AvgIpc) is 2.89. The zero-order valence-electron chi connectivity index (χ0n) is 17.4. The number of carbonyl (C=O) groups is 2. The summed E-state index contributed by atoms with van der Waals surface area (Å²) in [6.45, 7) is -0.328. The van der Waals surface area contributed by atoms with E-state index >= 15 is 0 Å². The number of sulfone groups is 1. The minimum atomic E-state index is -3.86. The summed E-state index contributed by atoms with van der Waals surface area (Å²) in [6, 6.07) is 21.9. The first-order valence-corrected chi connectivity index (χ1v) is 11.6. The number of anilines is 2. The van der Waals surface area contributed by atoms with Gasteiger partial charge in [0.05, 0.1) is 28.6 Å². The standard InChI is InChI=1S/C24H22N2O5S/c1-31-20-13-7-5-11-18(20)25-23(27)16-26-19-12-6-8-14-21(19)32(29,30)22(15-24(26)28)17-9-3-2-4-10-17/h2-14,22H,15-16H2,1H3,(H,25,27)/t22-/m1/s1. The lowest BCUT2D eigenvalue weighted by atomic mass is 10.1. The monoisotopic (exact) mass is 450 g/mol. The van der Waals surface area contributed by atoms with Crippen molar-refractivity contribution in [3.8, 4) is 5.75 Å². The minimum Gasteiger partial charge on any atom is -0.495 e. The van der Waals surface area contributed by atoms with Crippen molar-refractivity contribution in [1.29, 1.82) is 0 Å². The lowest BCUT2D eigenvalue weighted by Crippen LogP contribution is -2.38. The van der Waals surface area contributed by atoms with Crippen molar-refractivity contribution in [2.24, 2.45) is 0 Å². The number of amides is 2. The Morgan fingerprint density at radius 2 is 1.66 bits per heavy atom. The molecule has 3 aromatic rings. The zero-order valence-corrected chi connectivity index (χ0v) is 18.2. The number of hydrogen-bond donors (Lipinski definition) is 1. The number of nitrogens with zero attached hydrogens (tertiary/aromatic N) is 1. The molecule has 1 aliphatic heterocycles. The first kappa shape index (κ1) is 21.6. The number of ether oxygens (including phenoxy) is 1. The molecule has 1 atom stereocenters. The van der Waals surface area contributed by atoms with E-state index in [0.717, 1.165) is 0 Å². The number of fused-ring (bicyclic) bond motifs is 1. The van der Waals surface area contributed by atoms with Crippen LogP contribution in [0.1, 0.15) is 17.2 Å². The number of para-hydroxylation sites is 3. The smallest absolute Gasteiger partial charge is 0.244 e. The number of methoxy groups -OCH3 is 1.